The van der Waals surface area contributed by atoms with Crippen LogP contribution in [0.5, 0.6) is 5.75 Å². The minimum absolute atomic E-state index is 0.244. The SMILES string of the molecule is C=[C]c1cccc(OCC(F)(F)F)c1CC. The molecule has 0 fully saturated rings. The maximum Gasteiger partial charge on any atom is 0.422 e. The van der Waals surface area contributed by atoms with Crippen LogP contribution in [0.1, 0.15) is 18.1 Å². The van der Waals surface area contributed by atoms with Gasteiger partial charge in [-0.25, -0.2) is 0 Å². The Bertz CT molecular complexity index is 369. The molecule has 0 atom stereocenters. The monoisotopic (exact) mass is 229 g/mol. The van der Waals surface area contributed by atoms with Crippen LogP contribution in [0.4, 0.5) is 13.2 Å². The maximum absolute atomic E-state index is 12.0. The molecule has 0 heterocycles. The molecule has 16 heavy (non-hydrogen) atoms. The second kappa shape index (κ2) is 5.05. The van der Waals surface area contributed by atoms with E-state index < -0.39 is 12.8 Å². The minimum atomic E-state index is -4.32. The molecule has 1 aromatic carbocycles. The number of rotatable bonds is 4. The fourth-order valence-electron chi connectivity index (χ4n) is 1.39. The van der Waals surface area contributed by atoms with E-state index in [0.717, 1.165) is 0 Å². The van der Waals surface area contributed by atoms with Crippen LogP contribution < -0.4 is 4.74 Å². The summed E-state index contributed by atoms with van der Waals surface area (Å²) in [6, 6.07) is 4.88. The standard InChI is InChI=1S/C12H12F3O/c1-3-9-6-5-7-11(10(9)4-2)16-8-12(13,14)15/h5-7H,1,4,8H2,2H3. The lowest BCUT2D eigenvalue weighted by molar-refractivity contribution is -0.153. The third kappa shape index (κ3) is 3.29. The molecule has 0 saturated carbocycles. The molecule has 0 aliphatic heterocycles. The molecule has 1 aromatic rings. The Balaban J connectivity index is 2.91. The smallest absolute Gasteiger partial charge is 0.422 e. The van der Waals surface area contributed by atoms with Crippen LogP contribution in [-0.2, 0) is 6.42 Å². The number of alkyl halides is 3. The van der Waals surface area contributed by atoms with Gasteiger partial charge in [-0.2, -0.15) is 13.2 Å². The van der Waals surface area contributed by atoms with Crippen molar-refractivity contribution in [2.75, 3.05) is 6.61 Å². The van der Waals surface area contributed by atoms with Crippen LogP contribution in [0.2, 0.25) is 0 Å². The topological polar surface area (TPSA) is 9.23 Å². The van der Waals surface area contributed by atoms with Crippen LogP contribution in [0.25, 0.3) is 0 Å². The van der Waals surface area contributed by atoms with Gasteiger partial charge in [0, 0.05) is 5.56 Å². The van der Waals surface area contributed by atoms with E-state index in [1.807, 2.05) is 6.92 Å². The molecule has 1 radical (unpaired) electrons. The molecular weight excluding hydrogens is 217 g/mol. The van der Waals surface area contributed by atoms with Crippen LogP contribution in [-0.4, -0.2) is 12.8 Å². The largest absolute Gasteiger partial charge is 0.484 e. The van der Waals surface area contributed by atoms with Crippen molar-refractivity contribution in [3.05, 3.63) is 42.0 Å². The zero-order valence-corrected chi connectivity index (χ0v) is 8.90. The maximum atomic E-state index is 12.0. The van der Waals surface area contributed by atoms with E-state index in [1.165, 1.54) is 6.07 Å². The molecule has 0 aliphatic carbocycles. The van der Waals surface area contributed by atoms with Gasteiger partial charge in [-0.15, -0.1) is 0 Å². The summed E-state index contributed by atoms with van der Waals surface area (Å²) in [5.41, 5.74) is 1.38. The Morgan fingerprint density at radius 2 is 2.06 bits per heavy atom. The number of hydrogen-bond donors (Lipinski definition) is 0. The highest BCUT2D eigenvalue weighted by atomic mass is 19.4. The van der Waals surface area contributed by atoms with E-state index in [4.69, 9.17) is 4.74 Å². The van der Waals surface area contributed by atoms with Gasteiger partial charge in [0.2, 0.25) is 0 Å². The third-order valence-electron chi connectivity index (χ3n) is 2.07. The van der Waals surface area contributed by atoms with Gasteiger partial charge in [0.25, 0.3) is 0 Å². The molecule has 0 aromatic heterocycles. The normalized spacial score (nSPS) is 11.2. The Labute approximate surface area is 92.5 Å². The van der Waals surface area contributed by atoms with Crippen molar-refractivity contribution in [2.45, 2.75) is 19.5 Å². The van der Waals surface area contributed by atoms with Crippen molar-refractivity contribution in [1.29, 1.82) is 0 Å². The molecule has 0 saturated heterocycles. The van der Waals surface area contributed by atoms with E-state index in [9.17, 15) is 13.2 Å². The molecule has 0 amide bonds. The highest BCUT2D eigenvalue weighted by Crippen LogP contribution is 2.25. The second-order valence-corrected chi connectivity index (χ2v) is 3.22. The van der Waals surface area contributed by atoms with Crippen molar-refractivity contribution < 1.29 is 17.9 Å². The fourth-order valence-corrected chi connectivity index (χ4v) is 1.39. The van der Waals surface area contributed by atoms with Crippen LogP contribution in [0, 0.1) is 6.08 Å². The van der Waals surface area contributed by atoms with Gasteiger partial charge < -0.3 is 4.74 Å². The molecular formula is C12H12F3O. The Kier molecular flexibility index (Phi) is 3.99. The average Bonchev–Trinajstić information content (AvgIpc) is 2.24. The van der Waals surface area contributed by atoms with Crippen LogP contribution in [0.3, 0.4) is 0 Å². The van der Waals surface area contributed by atoms with E-state index >= 15 is 0 Å². The molecule has 1 rings (SSSR count). The van der Waals surface area contributed by atoms with Gasteiger partial charge in [0.05, 0.1) is 0 Å². The van der Waals surface area contributed by atoms with Crippen molar-refractivity contribution in [2.24, 2.45) is 0 Å². The Morgan fingerprint density at radius 3 is 2.56 bits per heavy atom. The molecule has 0 bridgehead atoms. The van der Waals surface area contributed by atoms with Gasteiger partial charge in [0.1, 0.15) is 5.75 Å². The number of hydrogen-bond acceptors (Lipinski definition) is 1. The van der Waals surface area contributed by atoms with E-state index in [0.29, 0.717) is 17.5 Å². The molecule has 1 nitrogen and oxygen atoms in total. The summed E-state index contributed by atoms with van der Waals surface area (Å²) in [6.07, 6.45) is -1.07. The lowest BCUT2D eigenvalue weighted by Gasteiger charge is -2.13. The van der Waals surface area contributed by atoms with Crippen LogP contribution in [0.15, 0.2) is 24.8 Å². The summed E-state index contributed by atoms with van der Waals surface area (Å²) in [4.78, 5) is 0. The third-order valence-corrected chi connectivity index (χ3v) is 2.07. The fraction of sp³-hybridized carbons (Fsp3) is 0.333. The number of halogens is 3. The summed E-state index contributed by atoms with van der Waals surface area (Å²) >= 11 is 0. The molecule has 0 N–H and O–H groups in total. The average molecular weight is 229 g/mol. The molecule has 87 valence electrons. The van der Waals surface area contributed by atoms with Crippen molar-refractivity contribution >= 4 is 0 Å². The predicted octanol–water partition coefficient (Wildman–Crippen LogP) is 3.53. The minimum Gasteiger partial charge on any atom is -0.484 e. The first-order valence-electron chi connectivity index (χ1n) is 4.82. The van der Waals surface area contributed by atoms with Crippen molar-refractivity contribution in [3.63, 3.8) is 0 Å². The highest BCUT2D eigenvalue weighted by Gasteiger charge is 2.28. The zero-order valence-electron chi connectivity index (χ0n) is 8.90. The summed E-state index contributed by atoms with van der Waals surface area (Å²) in [5.74, 6) is 0.244. The summed E-state index contributed by atoms with van der Waals surface area (Å²) < 4.78 is 40.8. The molecule has 0 aliphatic rings. The zero-order chi connectivity index (χ0) is 12.2. The van der Waals surface area contributed by atoms with Crippen molar-refractivity contribution in [1.82, 2.24) is 0 Å². The van der Waals surface area contributed by atoms with Gasteiger partial charge >= 0.3 is 6.18 Å². The molecule has 4 heteroatoms. The first-order valence-corrected chi connectivity index (χ1v) is 4.82. The van der Waals surface area contributed by atoms with Crippen molar-refractivity contribution in [3.8, 4) is 5.75 Å². The lowest BCUT2D eigenvalue weighted by atomic mass is 10.0. The quantitative estimate of drug-likeness (QED) is 0.767. The number of benzene rings is 1. The van der Waals surface area contributed by atoms with Crippen LogP contribution >= 0.6 is 0 Å². The van der Waals surface area contributed by atoms with E-state index in [1.54, 1.807) is 12.1 Å². The Morgan fingerprint density at radius 1 is 1.38 bits per heavy atom. The first kappa shape index (κ1) is 12.6. The van der Waals surface area contributed by atoms with Gasteiger partial charge in [-0.3, -0.25) is 0 Å². The van der Waals surface area contributed by atoms with Gasteiger partial charge in [-0.05, 0) is 24.1 Å². The summed E-state index contributed by atoms with van der Waals surface area (Å²) in [6.45, 7) is 4.05. The Hall–Kier alpha value is -1.45. The first-order chi connectivity index (χ1) is 7.48. The molecule has 0 unspecified atom stereocenters. The predicted molar refractivity (Wildman–Crippen MR) is 55.3 cm³/mol. The lowest BCUT2D eigenvalue weighted by Crippen LogP contribution is -2.19. The summed E-state index contributed by atoms with van der Waals surface area (Å²) in [7, 11) is 0. The number of ether oxygens (including phenoxy) is 1. The highest BCUT2D eigenvalue weighted by molar-refractivity contribution is 5.43. The van der Waals surface area contributed by atoms with Gasteiger partial charge in [-0.1, -0.05) is 25.6 Å². The second-order valence-electron chi connectivity index (χ2n) is 3.22. The van der Waals surface area contributed by atoms with Gasteiger partial charge in [0.15, 0.2) is 6.61 Å². The summed E-state index contributed by atoms with van der Waals surface area (Å²) in [5, 5.41) is 0. The van der Waals surface area contributed by atoms with E-state index in [-0.39, 0.29) is 5.75 Å². The molecule has 0 spiro atoms. The van der Waals surface area contributed by atoms with E-state index in [2.05, 4.69) is 12.7 Å².